The normalized spacial score (nSPS) is 16.1. The molecule has 1 aliphatic rings. The van der Waals surface area contributed by atoms with Crippen LogP contribution >= 0.6 is 0 Å². The third-order valence-electron chi connectivity index (χ3n) is 3.89. The monoisotopic (exact) mass is 335 g/mol. The summed E-state index contributed by atoms with van der Waals surface area (Å²) in [6, 6.07) is 1.79. The number of amides is 1. The molecule has 8 nitrogen and oxygen atoms in total. The van der Waals surface area contributed by atoms with E-state index in [1.165, 1.54) is 12.4 Å². The molecule has 1 amide bonds. The lowest BCUT2D eigenvalue weighted by Gasteiger charge is -2.12. The number of aryl methyl sites for hydroxylation is 1. The van der Waals surface area contributed by atoms with E-state index < -0.39 is 15.9 Å². The topological polar surface area (TPSA) is 107 Å². The molecule has 0 radical (unpaired) electrons. The summed E-state index contributed by atoms with van der Waals surface area (Å²) in [5, 5.41) is 3.94. The van der Waals surface area contributed by atoms with Crippen molar-refractivity contribution < 1.29 is 13.2 Å². The van der Waals surface area contributed by atoms with Crippen LogP contribution in [0.15, 0.2) is 29.7 Å². The van der Waals surface area contributed by atoms with E-state index in [1.807, 2.05) is 11.6 Å². The van der Waals surface area contributed by atoms with Crippen LogP contribution in [0.3, 0.4) is 0 Å². The summed E-state index contributed by atoms with van der Waals surface area (Å²) in [6.45, 7) is 3.90. The third kappa shape index (κ3) is 3.24. The Balaban J connectivity index is 1.80. The van der Waals surface area contributed by atoms with Crippen LogP contribution in [0.25, 0.3) is 0 Å². The minimum absolute atomic E-state index is 0.0717. The lowest BCUT2D eigenvalue weighted by Crippen LogP contribution is -2.31. The predicted octanol–water partition coefficient (Wildman–Crippen LogP) is 1.07. The van der Waals surface area contributed by atoms with E-state index in [4.69, 9.17) is 0 Å². The first kappa shape index (κ1) is 15.6. The van der Waals surface area contributed by atoms with Crippen LogP contribution < -0.4 is 4.72 Å². The van der Waals surface area contributed by atoms with E-state index in [0.717, 1.165) is 24.7 Å². The van der Waals surface area contributed by atoms with Gasteiger partial charge in [0.25, 0.3) is 15.9 Å². The van der Waals surface area contributed by atoms with Gasteiger partial charge in [0.2, 0.25) is 0 Å². The van der Waals surface area contributed by atoms with Gasteiger partial charge in [-0.05, 0) is 38.7 Å². The molecule has 0 saturated heterocycles. The predicted molar refractivity (Wildman–Crippen MR) is 81.1 cm³/mol. The van der Waals surface area contributed by atoms with E-state index in [1.54, 1.807) is 10.7 Å². The number of nitrogens with zero attached hydrogens (tertiary/aromatic N) is 4. The Morgan fingerprint density at radius 3 is 2.74 bits per heavy atom. The number of sulfonamides is 1. The zero-order valence-corrected chi connectivity index (χ0v) is 13.6. The molecule has 9 heteroatoms. The number of hydrogen-bond donors (Lipinski definition) is 1. The minimum atomic E-state index is -4.06. The smallest absolute Gasteiger partial charge is 0.266 e. The molecule has 0 aliphatic heterocycles. The molecule has 1 fully saturated rings. The lowest BCUT2D eigenvalue weighted by atomic mass is 10.2. The SMILES string of the molecule is Cc1cc(C(=O)NS(=O)(=O)c2cnccn2)nn1C(C)C1CC1. The van der Waals surface area contributed by atoms with Gasteiger partial charge in [0.05, 0.1) is 12.2 Å². The Hall–Kier alpha value is -2.29. The Morgan fingerprint density at radius 1 is 1.39 bits per heavy atom. The molecule has 1 unspecified atom stereocenters. The highest BCUT2D eigenvalue weighted by Gasteiger charge is 2.31. The van der Waals surface area contributed by atoms with Crippen LogP contribution in [0, 0.1) is 12.8 Å². The van der Waals surface area contributed by atoms with Crippen molar-refractivity contribution in [3.05, 3.63) is 36.0 Å². The van der Waals surface area contributed by atoms with Gasteiger partial charge in [-0.15, -0.1) is 0 Å². The third-order valence-corrected chi connectivity index (χ3v) is 5.10. The van der Waals surface area contributed by atoms with Crippen LogP contribution in [0.2, 0.25) is 0 Å². The zero-order chi connectivity index (χ0) is 16.6. The van der Waals surface area contributed by atoms with E-state index >= 15 is 0 Å². The summed E-state index contributed by atoms with van der Waals surface area (Å²) in [5.74, 6) is -0.201. The van der Waals surface area contributed by atoms with Gasteiger partial charge in [-0.3, -0.25) is 14.5 Å². The Labute approximate surface area is 134 Å². The molecule has 2 aromatic rings. The van der Waals surface area contributed by atoms with Gasteiger partial charge in [0.1, 0.15) is 0 Å². The maximum atomic E-state index is 12.2. The van der Waals surface area contributed by atoms with Crippen LogP contribution in [0.1, 0.15) is 42.0 Å². The molecular weight excluding hydrogens is 318 g/mol. The fourth-order valence-corrected chi connectivity index (χ4v) is 3.29. The first-order valence-electron chi connectivity index (χ1n) is 7.28. The second kappa shape index (κ2) is 5.73. The number of carbonyl (C=O) groups is 1. The van der Waals surface area contributed by atoms with Gasteiger partial charge in [-0.25, -0.2) is 9.71 Å². The van der Waals surface area contributed by atoms with Crippen molar-refractivity contribution in [1.82, 2.24) is 24.5 Å². The van der Waals surface area contributed by atoms with Crippen molar-refractivity contribution in [3.63, 3.8) is 0 Å². The van der Waals surface area contributed by atoms with Gasteiger partial charge in [0.15, 0.2) is 10.7 Å². The van der Waals surface area contributed by atoms with Gasteiger partial charge in [-0.2, -0.15) is 13.5 Å². The molecule has 1 saturated carbocycles. The van der Waals surface area contributed by atoms with E-state index in [9.17, 15) is 13.2 Å². The van der Waals surface area contributed by atoms with Gasteiger partial charge in [-0.1, -0.05) is 0 Å². The molecule has 1 N–H and O–H groups in total. The summed E-state index contributed by atoms with van der Waals surface area (Å²) in [5.41, 5.74) is 0.897. The summed E-state index contributed by atoms with van der Waals surface area (Å²) < 4.78 is 27.9. The van der Waals surface area contributed by atoms with E-state index in [0.29, 0.717) is 5.92 Å². The molecule has 2 heterocycles. The summed E-state index contributed by atoms with van der Waals surface area (Å²) in [4.78, 5) is 19.6. The fourth-order valence-electron chi connectivity index (χ4n) is 2.44. The van der Waals surface area contributed by atoms with Crippen molar-refractivity contribution in [2.24, 2.45) is 5.92 Å². The van der Waals surface area contributed by atoms with E-state index in [-0.39, 0.29) is 16.8 Å². The largest absolute Gasteiger partial charge is 0.285 e. The van der Waals surface area contributed by atoms with Crippen molar-refractivity contribution in [2.75, 3.05) is 0 Å². The highest BCUT2D eigenvalue weighted by Crippen LogP contribution is 2.39. The van der Waals surface area contributed by atoms with Gasteiger partial charge < -0.3 is 0 Å². The van der Waals surface area contributed by atoms with Crippen molar-refractivity contribution in [3.8, 4) is 0 Å². The van der Waals surface area contributed by atoms with Crippen molar-refractivity contribution in [1.29, 1.82) is 0 Å². The average molecular weight is 335 g/mol. The minimum Gasteiger partial charge on any atom is -0.266 e. The second-order valence-electron chi connectivity index (χ2n) is 5.67. The zero-order valence-electron chi connectivity index (χ0n) is 12.8. The lowest BCUT2D eigenvalue weighted by molar-refractivity contribution is 0.0975. The molecule has 3 rings (SSSR count). The van der Waals surface area contributed by atoms with Crippen LogP contribution in [0.4, 0.5) is 0 Å². The summed E-state index contributed by atoms with van der Waals surface area (Å²) >= 11 is 0. The quantitative estimate of drug-likeness (QED) is 0.876. The average Bonchev–Trinajstić information content (AvgIpc) is 3.29. The Bertz CT molecular complexity index is 827. The van der Waals surface area contributed by atoms with E-state index in [2.05, 4.69) is 22.0 Å². The van der Waals surface area contributed by atoms with Crippen molar-refractivity contribution >= 4 is 15.9 Å². The summed E-state index contributed by atoms with van der Waals surface area (Å²) in [6.07, 6.45) is 5.99. The highest BCUT2D eigenvalue weighted by molar-refractivity contribution is 7.90. The molecule has 122 valence electrons. The maximum absolute atomic E-state index is 12.2. The Kier molecular flexibility index (Phi) is 3.88. The molecule has 0 aromatic carbocycles. The van der Waals surface area contributed by atoms with Gasteiger partial charge >= 0.3 is 0 Å². The van der Waals surface area contributed by atoms with Crippen molar-refractivity contribution in [2.45, 2.75) is 37.8 Å². The Morgan fingerprint density at radius 2 is 2.13 bits per heavy atom. The highest BCUT2D eigenvalue weighted by atomic mass is 32.2. The number of carbonyl (C=O) groups excluding carboxylic acids is 1. The molecule has 0 bridgehead atoms. The second-order valence-corrected chi connectivity index (χ2v) is 7.30. The van der Waals surface area contributed by atoms with Crippen LogP contribution in [-0.2, 0) is 10.0 Å². The number of aromatic nitrogens is 4. The number of nitrogens with one attached hydrogen (secondary N) is 1. The number of hydrogen-bond acceptors (Lipinski definition) is 6. The molecule has 1 aliphatic carbocycles. The molecule has 23 heavy (non-hydrogen) atoms. The summed E-state index contributed by atoms with van der Waals surface area (Å²) in [7, 11) is -4.06. The molecule has 0 spiro atoms. The van der Waals surface area contributed by atoms with Gasteiger partial charge in [0, 0.05) is 18.1 Å². The first-order chi connectivity index (χ1) is 10.9. The first-order valence-corrected chi connectivity index (χ1v) is 8.76. The standard InChI is InChI=1S/C14H17N5O3S/c1-9-7-12(17-19(9)10(2)11-3-4-11)14(20)18-23(21,22)13-8-15-5-6-16-13/h5-8,10-11H,3-4H2,1-2H3,(H,18,20). The number of rotatable bonds is 5. The van der Waals surface area contributed by atoms with Crippen LogP contribution in [-0.4, -0.2) is 34.1 Å². The fraction of sp³-hybridized carbons (Fsp3) is 0.429. The molecule has 2 aromatic heterocycles. The van der Waals surface area contributed by atoms with Crippen LogP contribution in [0.5, 0.6) is 0 Å². The maximum Gasteiger partial charge on any atom is 0.285 e. The molecular formula is C14H17N5O3S. The molecule has 1 atom stereocenters.